The third-order valence-corrected chi connectivity index (χ3v) is 5.23. The molecule has 0 heterocycles. The number of hydrogen-bond acceptors (Lipinski definition) is 7. The Morgan fingerprint density at radius 2 is 1.37 bits per heavy atom. The van der Waals surface area contributed by atoms with Gasteiger partial charge in [0.1, 0.15) is 0 Å². The molecular weight excluding hydrogens is 448 g/mol. The van der Waals surface area contributed by atoms with E-state index in [9.17, 15) is 4.79 Å². The summed E-state index contributed by atoms with van der Waals surface area (Å²) in [7, 11) is 0. The summed E-state index contributed by atoms with van der Waals surface area (Å²) >= 11 is 0. The lowest BCUT2D eigenvalue weighted by atomic mass is 9.70. The second-order valence-corrected chi connectivity index (χ2v) is 13.5. The number of benzene rings is 1. The van der Waals surface area contributed by atoms with Crippen molar-refractivity contribution in [1.29, 1.82) is 0 Å². The predicted molar refractivity (Wildman–Crippen MR) is 137 cm³/mol. The molecule has 1 aromatic carbocycles. The molecule has 1 aliphatic carbocycles. The van der Waals surface area contributed by atoms with Gasteiger partial charge in [-0.05, 0) is 76.3 Å². The van der Waals surface area contributed by atoms with Crippen molar-refractivity contribution in [3.05, 3.63) is 35.4 Å². The summed E-state index contributed by atoms with van der Waals surface area (Å²) in [6.45, 7) is 24.4. The van der Waals surface area contributed by atoms with E-state index in [0.29, 0.717) is 11.5 Å². The van der Waals surface area contributed by atoms with Gasteiger partial charge in [0.2, 0.25) is 5.79 Å². The molecule has 2 rings (SSSR count). The molecule has 0 aliphatic heterocycles. The molecule has 0 spiro atoms. The lowest BCUT2D eigenvalue weighted by molar-refractivity contribution is -0.551. The van der Waals surface area contributed by atoms with E-state index in [4.69, 9.17) is 24.8 Å². The van der Waals surface area contributed by atoms with E-state index in [1.807, 2.05) is 74.4 Å². The summed E-state index contributed by atoms with van der Waals surface area (Å²) < 4.78 is 0. The first-order valence-corrected chi connectivity index (χ1v) is 12.4. The molecule has 1 saturated carbocycles. The minimum absolute atomic E-state index is 0.125. The largest absolute Gasteiger partial charge is 0.373 e. The quantitative estimate of drug-likeness (QED) is 0.255. The number of carbonyl (C=O) groups is 1. The standard InChI is InChI=1S/C17H34O4.C11H14O3/c1-13-10-16(8,9)12-17(11-13,20-18-14(2,3)4)21-19-15(5,6)7;1-11(2,3)9-7-5-4-6-8(9)10(12)14-13/h13H,10-12H2,1-9H3;4-7,13H,1-3H3. The molecule has 1 aliphatic rings. The molecule has 1 atom stereocenters. The van der Waals surface area contributed by atoms with Crippen LogP contribution in [0, 0.1) is 11.3 Å². The van der Waals surface area contributed by atoms with Crippen LogP contribution in [0.25, 0.3) is 0 Å². The molecule has 1 N–H and O–H groups in total. The van der Waals surface area contributed by atoms with Gasteiger partial charge in [-0.2, -0.15) is 15.0 Å². The average molecular weight is 497 g/mol. The Hall–Kier alpha value is -1.51. The Bertz CT molecular complexity index is 792. The molecule has 0 bridgehead atoms. The highest BCUT2D eigenvalue weighted by Gasteiger charge is 2.48. The molecular formula is C28H48O7. The molecule has 1 unspecified atom stereocenters. The maximum Gasteiger partial charge on any atom is 0.373 e. The Morgan fingerprint density at radius 3 is 1.77 bits per heavy atom. The van der Waals surface area contributed by atoms with Crippen LogP contribution in [0.3, 0.4) is 0 Å². The van der Waals surface area contributed by atoms with Gasteiger partial charge in [0.05, 0.1) is 16.8 Å². The van der Waals surface area contributed by atoms with Crippen molar-refractivity contribution in [3.8, 4) is 0 Å². The fourth-order valence-electron chi connectivity index (χ4n) is 4.33. The Kier molecular flexibility index (Phi) is 10.5. The highest BCUT2D eigenvalue weighted by Crippen LogP contribution is 2.47. The normalized spacial score (nSPS) is 20.0. The highest BCUT2D eigenvalue weighted by molar-refractivity contribution is 5.91. The van der Waals surface area contributed by atoms with E-state index < -0.39 is 11.8 Å². The lowest BCUT2D eigenvalue weighted by Gasteiger charge is -2.46. The van der Waals surface area contributed by atoms with Crippen molar-refractivity contribution in [3.63, 3.8) is 0 Å². The van der Waals surface area contributed by atoms with Gasteiger partial charge < -0.3 is 0 Å². The third kappa shape index (κ3) is 11.4. The van der Waals surface area contributed by atoms with E-state index in [1.54, 1.807) is 12.1 Å². The van der Waals surface area contributed by atoms with Gasteiger partial charge in [0, 0.05) is 12.8 Å². The van der Waals surface area contributed by atoms with Gasteiger partial charge >= 0.3 is 5.97 Å². The summed E-state index contributed by atoms with van der Waals surface area (Å²) in [5.74, 6) is -1.07. The fraction of sp³-hybridized carbons (Fsp3) is 0.750. The predicted octanol–water partition coefficient (Wildman–Crippen LogP) is 7.64. The number of carbonyl (C=O) groups excluding carboxylic acids is 1. The Morgan fingerprint density at radius 1 is 0.886 bits per heavy atom. The maximum atomic E-state index is 11.2. The van der Waals surface area contributed by atoms with Crippen LogP contribution in [0.4, 0.5) is 0 Å². The fourth-order valence-corrected chi connectivity index (χ4v) is 4.33. The van der Waals surface area contributed by atoms with E-state index in [-0.39, 0.29) is 22.0 Å². The topological polar surface area (TPSA) is 83.5 Å². The molecule has 1 fully saturated rings. The molecule has 0 aromatic heterocycles. The minimum Gasteiger partial charge on any atom is -0.295 e. The summed E-state index contributed by atoms with van der Waals surface area (Å²) in [4.78, 5) is 37.7. The number of hydrogen-bond donors (Lipinski definition) is 1. The van der Waals surface area contributed by atoms with Crippen molar-refractivity contribution in [2.75, 3.05) is 0 Å². The molecule has 1 aromatic rings. The van der Waals surface area contributed by atoms with Crippen molar-refractivity contribution >= 4 is 5.97 Å². The monoisotopic (exact) mass is 496 g/mol. The van der Waals surface area contributed by atoms with Gasteiger partial charge in [-0.1, -0.05) is 59.7 Å². The van der Waals surface area contributed by atoms with Gasteiger partial charge in [-0.25, -0.2) is 14.6 Å². The van der Waals surface area contributed by atoms with Crippen molar-refractivity contribution in [1.82, 2.24) is 0 Å². The smallest absolute Gasteiger partial charge is 0.295 e. The van der Waals surface area contributed by atoms with Crippen LogP contribution in [-0.4, -0.2) is 28.2 Å². The molecule has 7 nitrogen and oxygen atoms in total. The number of rotatable bonds is 5. The van der Waals surface area contributed by atoms with Crippen molar-refractivity contribution < 1.29 is 34.5 Å². The first-order chi connectivity index (χ1) is 15.7. The SMILES string of the molecule is CC(C)(C)c1ccccc1C(=O)OO.CC1CC(C)(C)CC(OOC(C)(C)C)(OOC(C)(C)C)C1. The van der Waals surface area contributed by atoms with Crippen LogP contribution in [-0.2, 0) is 29.9 Å². The molecule has 0 saturated heterocycles. The molecule has 0 radical (unpaired) electrons. The van der Waals surface area contributed by atoms with Crippen LogP contribution in [0.2, 0.25) is 0 Å². The summed E-state index contributed by atoms with van der Waals surface area (Å²) in [6, 6.07) is 7.08. The van der Waals surface area contributed by atoms with Crippen molar-refractivity contribution in [2.24, 2.45) is 11.3 Å². The lowest BCUT2D eigenvalue weighted by Crippen LogP contribution is -2.48. The molecule has 202 valence electrons. The van der Waals surface area contributed by atoms with Gasteiger partial charge in [-0.15, -0.1) is 0 Å². The Labute approximate surface area is 212 Å². The molecule has 35 heavy (non-hydrogen) atoms. The summed E-state index contributed by atoms with van der Waals surface area (Å²) in [6.07, 6.45) is 2.66. The van der Waals surface area contributed by atoms with Crippen LogP contribution in [0.1, 0.15) is 118 Å². The second-order valence-electron chi connectivity index (χ2n) is 13.5. The summed E-state index contributed by atoms with van der Waals surface area (Å²) in [5.41, 5.74) is 0.470. The zero-order chi connectivity index (χ0) is 27.3. The zero-order valence-electron chi connectivity index (χ0n) is 23.9. The maximum absolute atomic E-state index is 11.2. The van der Waals surface area contributed by atoms with Crippen LogP contribution >= 0.6 is 0 Å². The zero-order valence-corrected chi connectivity index (χ0v) is 23.9. The summed E-state index contributed by atoms with van der Waals surface area (Å²) in [5, 5.41) is 8.33. The third-order valence-electron chi connectivity index (χ3n) is 5.23. The second kappa shape index (κ2) is 11.7. The molecule has 0 amide bonds. The first-order valence-electron chi connectivity index (χ1n) is 12.4. The van der Waals surface area contributed by atoms with E-state index >= 15 is 0 Å². The Balaban J connectivity index is 0.000000379. The van der Waals surface area contributed by atoms with Gasteiger partial charge in [0.15, 0.2) is 0 Å². The average Bonchev–Trinajstić information content (AvgIpc) is 2.68. The van der Waals surface area contributed by atoms with Crippen LogP contribution in [0.5, 0.6) is 0 Å². The highest BCUT2D eigenvalue weighted by atomic mass is 17.3. The minimum atomic E-state index is -0.846. The van der Waals surface area contributed by atoms with E-state index in [1.165, 1.54) is 0 Å². The van der Waals surface area contributed by atoms with Crippen LogP contribution in [0.15, 0.2) is 24.3 Å². The van der Waals surface area contributed by atoms with Crippen LogP contribution < -0.4 is 0 Å². The first kappa shape index (κ1) is 31.5. The van der Waals surface area contributed by atoms with Crippen molar-refractivity contribution in [2.45, 2.75) is 125 Å². The van der Waals surface area contributed by atoms with Gasteiger partial charge in [-0.3, -0.25) is 4.89 Å². The molecule has 7 heteroatoms. The van der Waals surface area contributed by atoms with E-state index in [2.05, 4.69) is 25.7 Å². The van der Waals surface area contributed by atoms with Gasteiger partial charge in [0.25, 0.3) is 0 Å². The van der Waals surface area contributed by atoms with E-state index in [0.717, 1.165) is 24.8 Å².